The first-order chi connectivity index (χ1) is 10.3. The molecule has 0 spiro atoms. The smallest absolute Gasteiger partial charge is 0.294 e. The number of H-pyrrole nitrogens is 1. The molecule has 1 heterocycles. The summed E-state index contributed by atoms with van der Waals surface area (Å²) in [6.07, 6.45) is 0. The number of hydrogen-bond donors (Lipinski definition) is 3. The second-order valence-electron chi connectivity index (χ2n) is 4.01. The lowest BCUT2D eigenvalue weighted by molar-refractivity contribution is -0.384. The van der Waals surface area contributed by atoms with Gasteiger partial charge in [0.15, 0.2) is 0 Å². The normalized spacial score (nSPS) is 11.4. The van der Waals surface area contributed by atoms with Gasteiger partial charge in [-0.2, -0.15) is 4.98 Å². The summed E-state index contributed by atoms with van der Waals surface area (Å²) in [5.41, 5.74) is -0.366. The van der Waals surface area contributed by atoms with Crippen LogP contribution >= 0.6 is 11.8 Å². The third-order valence-electron chi connectivity index (χ3n) is 2.49. The van der Waals surface area contributed by atoms with Gasteiger partial charge < -0.3 is 5.32 Å². The summed E-state index contributed by atoms with van der Waals surface area (Å²) in [7, 11) is -4.02. The third kappa shape index (κ3) is 3.72. The molecule has 0 aliphatic heterocycles. The number of aromatic amines is 1. The highest BCUT2D eigenvalue weighted by molar-refractivity contribution is 7.99. The van der Waals surface area contributed by atoms with Crippen molar-refractivity contribution in [2.45, 2.75) is 17.0 Å². The number of primary sulfonamides is 1. The molecule has 2 aromatic rings. The molecule has 0 saturated heterocycles. The van der Waals surface area contributed by atoms with Crippen molar-refractivity contribution >= 4 is 39.1 Å². The molecular formula is C10H12N6O4S2. The molecule has 0 bridgehead atoms. The Morgan fingerprint density at radius 3 is 2.82 bits per heavy atom. The predicted octanol–water partition coefficient (Wildman–Crippen LogP) is 1.22. The van der Waals surface area contributed by atoms with Crippen molar-refractivity contribution in [1.82, 2.24) is 15.2 Å². The van der Waals surface area contributed by atoms with Crippen LogP contribution in [0.1, 0.15) is 6.92 Å². The maximum Gasteiger partial charge on any atom is 0.294 e. The summed E-state index contributed by atoms with van der Waals surface area (Å²) in [5, 5.41) is 25.7. The minimum absolute atomic E-state index is 0.0709. The SMILES string of the molecule is CCSc1n[nH]c(Nc2ccc(S(N)(=O)=O)cc2[N+](=O)[O-])n1. The number of rotatable bonds is 6. The first-order valence-corrected chi connectivity index (χ1v) is 8.48. The quantitative estimate of drug-likeness (QED) is 0.401. The highest BCUT2D eigenvalue weighted by atomic mass is 32.2. The Bertz CT molecular complexity index is 803. The zero-order valence-corrected chi connectivity index (χ0v) is 12.9. The molecule has 0 fully saturated rings. The van der Waals surface area contributed by atoms with E-state index in [0.717, 1.165) is 11.8 Å². The molecular weight excluding hydrogens is 332 g/mol. The van der Waals surface area contributed by atoms with E-state index in [4.69, 9.17) is 5.14 Å². The molecule has 0 atom stereocenters. The number of benzene rings is 1. The maximum absolute atomic E-state index is 11.3. The van der Waals surface area contributed by atoms with Crippen LogP contribution in [0.15, 0.2) is 28.3 Å². The molecule has 12 heteroatoms. The van der Waals surface area contributed by atoms with Gasteiger partial charge in [-0.15, -0.1) is 5.10 Å². The fraction of sp³-hybridized carbons (Fsp3) is 0.200. The first-order valence-electron chi connectivity index (χ1n) is 5.94. The third-order valence-corrected chi connectivity index (χ3v) is 4.13. The van der Waals surface area contributed by atoms with E-state index in [1.807, 2.05) is 6.92 Å². The average molecular weight is 344 g/mol. The lowest BCUT2D eigenvalue weighted by Crippen LogP contribution is -2.12. The van der Waals surface area contributed by atoms with E-state index in [0.29, 0.717) is 5.16 Å². The van der Waals surface area contributed by atoms with E-state index in [9.17, 15) is 18.5 Å². The second-order valence-corrected chi connectivity index (χ2v) is 6.80. The summed E-state index contributed by atoms with van der Waals surface area (Å²) >= 11 is 1.40. The van der Waals surface area contributed by atoms with E-state index in [-0.39, 0.29) is 16.5 Å². The Kier molecular flexibility index (Phi) is 4.63. The zero-order chi connectivity index (χ0) is 16.3. The second kappa shape index (κ2) is 6.29. The monoisotopic (exact) mass is 344 g/mol. The number of hydrogen-bond acceptors (Lipinski definition) is 8. The van der Waals surface area contributed by atoms with Crippen LogP contribution in [0.25, 0.3) is 0 Å². The van der Waals surface area contributed by atoms with Gasteiger partial charge in [-0.25, -0.2) is 18.7 Å². The number of nitro benzene ring substituents is 1. The van der Waals surface area contributed by atoms with E-state index in [1.165, 1.54) is 23.9 Å². The standard InChI is InChI=1S/C10H12N6O4S2/c1-2-21-10-13-9(14-15-10)12-7-4-3-6(22(11,19)20)5-8(7)16(17)18/h3-5H,2H2,1H3,(H2,11,19,20)(H2,12,13,14,15). The number of nitro groups is 1. The van der Waals surface area contributed by atoms with E-state index >= 15 is 0 Å². The summed E-state index contributed by atoms with van der Waals surface area (Å²) in [6, 6.07) is 3.30. The largest absolute Gasteiger partial charge is 0.319 e. The van der Waals surface area contributed by atoms with Crippen molar-refractivity contribution in [2.75, 3.05) is 11.1 Å². The van der Waals surface area contributed by atoms with Gasteiger partial charge in [-0.05, 0) is 17.9 Å². The Morgan fingerprint density at radius 2 is 2.23 bits per heavy atom. The average Bonchev–Trinajstić information content (AvgIpc) is 2.85. The van der Waals surface area contributed by atoms with Gasteiger partial charge in [0.2, 0.25) is 21.1 Å². The molecule has 0 unspecified atom stereocenters. The Morgan fingerprint density at radius 1 is 1.50 bits per heavy atom. The molecule has 10 nitrogen and oxygen atoms in total. The van der Waals surface area contributed by atoms with Crippen molar-refractivity contribution in [1.29, 1.82) is 0 Å². The Labute approximate surface area is 129 Å². The van der Waals surface area contributed by atoms with Crippen molar-refractivity contribution in [2.24, 2.45) is 5.14 Å². The highest BCUT2D eigenvalue weighted by Crippen LogP contribution is 2.29. The Balaban J connectivity index is 2.35. The fourth-order valence-corrected chi connectivity index (χ4v) is 2.63. The molecule has 22 heavy (non-hydrogen) atoms. The van der Waals surface area contributed by atoms with Crippen molar-refractivity contribution < 1.29 is 13.3 Å². The molecule has 0 aliphatic rings. The lowest BCUT2D eigenvalue weighted by atomic mass is 10.2. The number of nitrogens with two attached hydrogens (primary N) is 1. The highest BCUT2D eigenvalue weighted by Gasteiger charge is 2.20. The van der Waals surface area contributed by atoms with Gasteiger partial charge in [-0.3, -0.25) is 10.1 Å². The minimum Gasteiger partial charge on any atom is -0.319 e. The number of aromatic nitrogens is 3. The molecule has 0 aliphatic carbocycles. The van der Waals surface area contributed by atoms with Crippen molar-refractivity contribution in [3.63, 3.8) is 0 Å². The number of nitrogens with one attached hydrogen (secondary N) is 2. The number of nitrogens with zero attached hydrogens (tertiary/aromatic N) is 3. The van der Waals surface area contributed by atoms with Gasteiger partial charge in [-0.1, -0.05) is 18.7 Å². The first kappa shape index (κ1) is 16.2. The van der Waals surface area contributed by atoms with Crippen molar-refractivity contribution in [3.05, 3.63) is 28.3 Å². The molecule has 0 radical (unpaired) electrons. The number of sulfonamides is 1. The lowest BCUT2D eigenvalue weighted by Gasteiger charge is -2.05. The molecule has 2 rings (SSSR count). The number of anilines is 2. The van der Waals surface area contributed by atoms with Crippen LogP contribution in [0.3, 0.4) is 0 Å². The molecule has 118 valence electrons. The van der Waals surface area contributed by atoms with E-state index in [2.05, 4.69) is 20.5 Å². The summed E-state index contributed by atoms with van der Waals surface area (Å²) in [4.78, 5) is 14.1. The summed E-state index contributed by atoms with van der Waals surface area (Å²) in [5.74, 6) is 0.989. The summed E-state index contributed by atoms with van der Waals surface area (Å²) < 4.78 is 22.5. The van der Waals surface area contributed by atoms with Gasteiger partial charge in [0.05, 0.1) is 9.82 Å². The molecule has 1 aromatic heterocycles. The fourth-order valence-electron chi connectivity index (χ4n) is 1.57. The van der Waals surface area contributed by atoms with Crippen LogP contribution in [0.2, 0.25) is 0 Å². The zero-order valence-electron chi connectivity index (χ0n) is 11.3. The molecule has 4 N–H and O–H groups in total. The van der Waals surface area contributed by atoms with Crippen LogP contribution < -0.4 is 10.5 Å². The molecule has 0 saturated carbocycles. The minimum atomic E-state index is -4.02. The van der Waals surface area contributed by atoms with Gasteiger partial charge in [0.1, 0.15) is 5.69 Å². The topological polar surface area (TPSA) is 157 Å². The van der Waals surface area contributed by atoms with Gasteiger partial charge in [0.25, 0.3) is 5.69 Å². The van der Waals surface area contributed by atoms with Crippen LogP contribution in [-0.4, -0.2) is 34.3 Å². The van der Waals surface area contributed by atoms with Gasteiger partial charge in [0, 0.05) is 6.07 Å². The maximum atomic E-state index is 11.3. The number of thioether (sulfide) groups is 1. The van der Waals surface area contributed by atoms with Crippen molar-refractivity contribution in [3.8, 4) is 0 Å². The predicted molar refractivity (Wildman–Crippen MR) is 80.5 cm³/mol. The van der Waals surface area contributed by atoms with Crippen LogP contribution in [0, 0.1) is 10.1 Å². The summed E-state index contributed by atoms with van der Waals surface area (Å²) in [6.45, 7) is 1.94. The molecule has 1 aromatic carbocycles. The van der Waals surface area contributed by atoms with Crippen LogP contribution in [-0.2, 0) is 10.0 Å². The van der Waals surface area contributed by atoms with E-state index in [1.54, 1.807) is 0 Å². The molecule has 0 amide bonds. The van der Waals surface area contributed by atoms with Crippen LogP contribution in [0.4, 0.5) is 17.3 Å². The van der Waals surface area contributed by atoms with Gasteiger partial charge >= 0.3 is 0 Å². The van der Waals surface area contributed by atoms with E-state index < -0.39 is 20.6 Å². The van der Waals surface area contributed by atoms with Crippen LogP contribution in [0.5, 0.6) is 0 Å². The Hall–Kier alpha value is -2.18.